The third kappa shape index (κ3) is 7.11. The van der Waals surface area contributed by atoms with E-state index in [0.717, 1.165) is 23.1 Å². The smallest absolute Gasteiger partial charge is 0.335 e. The van der Waals surface area contributed by atoms with Crippen LogP contribution in [0.1, 0.15) is 34.5 Å². The third-order valence-corrected chi connectivity index (χ3v) is 4.69. The van der Waals surface area contributed by atoms with Gasteiger partial charge >= 0.3 is 5.97 Å². The number of aromatic nitrogens is 1. The van der Waals surface area contributed by atoms with E-state index in [-0.39, 0.29) is 36.4 Å². The van der Waals surface area contributed by atoms with Gasteiger partial charge in [0.05, 0.1) is 11.7 Å². The highest BCUT2D eigenvalue weighted by molar-refractivity contribution is 5.88. The molecule has 1 heterocycles. The van der Waals surface area contributed by atoms with E-state index in [1.807, 2.05) is 36.4 Å². The van der Waals surface area contributed by atoms with Gasteiger partial charge in [-0.05, 0) is 48.2 Å². The molecule has 0 saturated carbocycles. The first-order valence-corrected chi connectivity index (χ1v) is 9.27. The van der Waals surface area contributed by atoms with Crippen molar-refractivity contribution >= 4 is 30.8 Å². The van der Waals surface area contributed by atoms with Crippen LogP contribution in [0.4, 0.5) is 0 Å². The monoisotopic (exact) mass is 448 g/mol. The minimum Gasteiger partial charge on any atom is -0.478 e. The number of nitrogens with one attached hydrogen (secondary N) is 1. The Bertz CT molecular complexity index is 904. The maximum atomic E-state index is 10.9. The van der Waals surface area contributed by atoms with Gasteiger partial charge in [-0.1, -0.05) is 42.5 Å². The molecule has 0 unspecified atom stereocenters. The van der Waals surface area contributed by atoms with E-state index in [9.17, 15) is 9.90 Å². The number of aliphatic hydroxyl groups is 1. The topological polar surface area (TPSA) is 82.5 Å². The van der Waals surface area contributed by atoms with E-state index in [4.69, 9.17) is 5.11 Å². The molecule has 30 heavy (non-hydrogen) atoms. The van der Waals surface area contributed by atoms with Crippen molar-refractivity contribution in [2.24, 2.45) is 0 Å². The van der Waals surface area contributed by atoms with Gasteiger partial charge in [0, 0.05) is 30.5 Å². The average Bonchev–Trinajstić information content (AvgIpc) is 2.73. The predicted molar refractivity (Wildman–Crippen MR) is 124 cm³/mol. The fourth-order valence-electron chi connectivity index (χ4n) is 3.07. The summed E-state index contributed by atoms with van der Waals surface area (Å²) >= 11 is 0. The summed E-state index contributed by atoms with van der Waals surface area (Å²) in [7, 11) is 0. The number of aliphatic hydroxyl groups excluding tert-OH is 1. The van der Waals surface area contributed by atoms with Crippen LogP contribution in [0.3, 0.4) is 0 Å². The SMILES string of the molecule is C[C@H](Cc1ccc(-c2ccc(C(=O)O)cc2)cc1)NC[C@@H](O)c1cccnc1.Cl.Cl. The first kappa shape index (κ1) is 25.6. The van der Waals surface area contributed by atoms with E-state index in [1.165, 1.54) is 5.56 Å². The summed E-state index contributed by atoms with van der Waals surface area (Å²) in [6.07, 6.45) is 3.64. The predicted octanol–water partition coefficient (Wildman–Crippen LogP) is 4.54. The average molecular weight is 449 g/mol. The highest BCUT2D eigenvalue weighted by Gasteiger charge is 2.10. The molecule has 7 heteroatoms. The van der Waals surface area contributed by atoms with Crippen LogP contribution in [0.25, 0.3) is 11.1 Å². The number of rotatable bonds is 8. The Kier molecular flexibility index (Phi) is 10.5. The van der Waals surface area contributed by atoms with Crippen molar-refractivity contribution < 1.29 is 15.0 Å². The lowest BCUT2D eigenvalue weighted by Gasteiger charge is -2.17. The van der Waals surface area contributed by atoms with Crippen molar-refractivity contribution in [3.63, 3.8) is 0 Å². The van der Waals surface area contributed by atoms with Crippen LogP contribution in [-0.2, 0) is 6.42 Å². The lowest BCUT2D eigenvalue weighted by molar-refractivity contribution is 0.0697. The van der Waals surface area contributed by atoms with Crippen molar-refractivity contribution in [2.45, 2.75) is 25.5 Å². The van der Waals surface area contributed by atoms with E-state index in [0.29, 0.717) is 6.54 Å². The Morgan fingerprint density at radius 1 is 1.00 bits per heavy atom. The Labute approximate surface area is 189 Å². The van der Waals surface area contributed by atoms with Gasteiger partial charge in [-0.3, -0.25) is 4.98 Å². The van der Waals surface area contributed by atoms with Gasteiger partial charge in [-0.15, -0.1) is 24.8 Å². The number of aromatic carboxylic acids is 1. The lowest BCUT2D eigenvalue weighted by atomic mass is 10.00. The number of hydrogen-bond donors (Lipinski definition) is 3. The summed E-state index contributed by atoms with van der Waals surface area (Å²) in [4.78, 5) is 15.0. The molecule has 0 amide bonds. The normalized spacial score (nSPS) is 12.2. The summed E-state index contributed by atoms with van der Waals surface area (Å²) in [5, 5.41) is 22.6. The summed E-state index contributed by atoms with van der Waals surface area (Å²) in [5.41, 5.74) is 4.33. The van der Waals surface area contributed by atoms with Crippen LogP contribution < -0.4 is 5.32 Å². The Morgan fingerprint density at radius 2 is 1.60 bits per heavy atom. The molecule has 0 aliphatic rings. The number of nitrogens with zero attached hydrogens (tertiary/aromatic N) is 1. The van der Waals surface area contributed by atoms with Crippen LogP contribution in [0.15, 0.2) is 73.1 Å². The largest absolute Gasteiger partial charge is 0.478 e. The van der Waals surface area contributed by atoms with Gasteiger partial charge in [0.2, 0.25) is 0 Å². The van der Waals surface area contributed by atoms with E-state index < -0.39 is 12.1 Å². The summed E-state index contributed by atoms with van der Waals surface area (Å²) in [5.74, 6) is -0.919. The van der Waals surface area contributed by atoms with Gasteiger partial charge < -0.3 is 15.5 Å². The second kappa shape index (κ2) is 12.3. The molecular weight excluding hydrogens is 423 g/mol. The van der Waals surface area contributed by atoms with Crippen LogP contribution in [0.2, 0.25) is 0 Å². The molecule has 0 spiro atoms. The first-order valence-electron chi connectivity index (χ1n) is 9.27. The zero-order valence-electron chi connectivity index (χ0n) is 16.6. The van der Waals surface area contributed by atoms with Crippen molar-refractivity contribution in [3.8, 4) is 11.1 Å². The van der Waals surface area contributed by atoms with E-state index in [1.54, 1.807) is 24.5 Å². The number of halogens is 2. The molecule has 3 N–H and O–H groups in total. The highest BCUT2D eigenvalue weighted by atomic mass is 35.5. The van der Waals surface area contributed by atoms with Crippen LogP contribution in [0, 0.1) is 0 Å². The molecule has 0 aliphatic heterocycles. The Hall–Kier alpha value is -2.44. The van der Waals surface area contributed by atoms with Crippen LogP contribution in [-0.4, -0.2) is 33.8 Å². The zero-order chi connectivity index (χ0) is 19.9. The molecule has 1 aromatic heterocycles. The molecule has 0 fully saturated rings. The highest BCUT2D eigenvalue weighted by Crippen LogP contribution is 2.21. The van der Waals surface area contributed by atoms with Crippen LogP contribution >= 0.6 is 24.8 Å². The molecule has 2 aromatic carbocycles. The second-order valence-corrected chi connectivity index (χ2v) is 6.90. The third-order valence-electron chi connectivity index (χ3n) is 4.69. The van der Waals surface area contributed by atoms with Gasteiger partial charge in [0.1, 0.15) is 0 Å². The summed E-state index contributed by atoms with van der Waals surface area (Å²) in [6, 6.07) is 19.0. The molecule has 3 rings (SSSR count). The van der Waals surface area contributed by atoms with Gasteiger partial charge in [0.15, 0.2) is 0 Å². The van der Waals surface area contributed by atoms with Crippen molar-refractivity contribution in [2.75, 3.05) is 6.54 Å². The molecule has 0 aliphatic carbocycles. The fourth-order valence-corrected chi connectivity index (χ4v) is 3.07. The first-order chi connectivity index (χ1) is 13.5. The molecule has 3 aromatic rings. The fraction of sp³-hybridized carbons (Fsp3) is 0.217. The summed E-state index contributed by atoms with van der Waals surface area (Å²) < 4.78 is 0. The van der Waals surface area contributed by atoms with Crippen molar-refractivity contribution in [1.29, 1.82) is 0 Å². The molecular formula is C23H26Cl2N2O3. The molecule has 0 saturated heterocycles. The molecule has 160 valence electrons. The lowest BCUT2D eigenvalue weighted by Crippen LogP contribution is -2.32. The quantitative estimate of drug-likeness (QED) is 0.470. The summed E-state index contributed by atoms with van der Waals surface area (Å²) in [6.45, 7) is 2.56. The van der Waals surface area contributed by atoms with Gasteiger partial charge in [-0.25, -0.2) is 4.79 Å². The number of carbonyl (C=O) groups is 1. The number of pyridine rings is 1. The van der Waals surface area contributed by atoms with E-state index >= 15 is 0 Å². The van der Waals surface area contributed by atoms with Crippen LogP contribution in [0.5, 0.6) is 0 Å². The second-order valence-electron chi connectivity index (χ2n) is 6.90. The maximum absolute atomic E-state index is 10.9. The number of carboxylic acids is 1. The molecule has 0 radical (unpaired) electrons. The van der Waals surface area contributed by atoms with Gasteiger partial charge in [0.25, 0.3) is 0 Å². The van der Waals surface area contributed by atoms with E-state index in [2.05, 4.69) is 29.4 Å². The van der Waals surface area contributed by atoms with Crippen molar-refractivity contribution in [1.82, 2.24) is 10.3 Å². The molecule has 2 atom stereocenters. The Morgan fingerprint density at radius 3 is 2.13 bits per heavy atom. The minimum atomic E-state index is -0.919. The number of benzene rings is 2. The minimum absolute atomic E-state index is 0. The molecule has 5 nitrogen and oxygen atoms in total. The zero-order valence-corrected chi connectivity index (χ0v) is 18.2. The standard InChI is InChI=1S/C23H24N2O3.2ClH/c1-16(25-15-22(26)21-3-2-12-24-14-21)13-17-4-6-18(7-5-17)19-8-10-20(11-9-19)23(27)28;;/h2-12,14,16,22,25-26H,13,15H2,1H3,(H,27,28);2*1H/t16-,22-;;/m1../s1. The number of carboxylic acid groups (broad SMARTS) is 1. The number of hydrogen-bond acceptors (Lipinski definition) is 4. The Balaban J connectivity index is 0.00000225. The maximum Gasteiger partial charge on any atom is 0.335 e. The molecule has 0 bridgehead atoms. The van der Waals surface area contributed by atoms with Gasteiger partial charge in [-0.2, -0.15) is 0 Å². The van der Waals surface area contributed by atoms with Crippen molar-refractivity contribution in [3.05, 3.63) is 89.7 Å².